The highest BCUT2D eigenvalue weighted by Crippen LogP contribution is 2.28. The number of rotatable bonds is 5. The molecule has 0 bridgehead atoms. The molecule has 0 aromatic heterocycles. The molecule has 35 heavy (non-hydrogen) atoms. The number of hydrogen-bond donors (Lipinski definition) is 0. The van der Waals surface area contributed by atoms with Gasteiger partial charge in [-0.15, -0.1) is 0 Å². The highest BCUT2D eigenvalue weighted by molar-refractivity contribution is 6.00. The van der Waals surface area contributed by atoms with Crippen LogP contribution in [-0.2, 0) is 20.9 Å². The molecule has 0 N–H and O–H groups in total. The Morgan fingerprint density at radius 3 is 1.94 bits per heavy atom. The maximum absolute atomic E-state index is 13.1. The van der Waals surface area contributed by atoms with Crippen molar-refractivity contribution in [2.24, 2.45) is 11.8 Å². The first-order valence-corrected chi connectivity index (χ1v) is 12.8. The van der Waals surface area contributed by atoms with Gasteiger partial charge in [-0.3, -0.25) is 19.3 Å². The number of piperidine rings is 1. The van der Waals surface area contributed by atoms with Crippen molar-refractivity contribution in [2.45, 2.75) is 25.8 Å². The number of nitrogens with zero attached hydrogens (tertiary/aromatic N) is 4. The van der Waals surface area contributed by atoms with Gasteiger partial charge in [0.1, 0.15) is 0 Å². The number of para-hydroxylation sites is 1. The van der Waals surface area contributed by atoms with Crippen molar-refractivity contribution in [3.05, 3.63) is 66.2 Å². The molecular formula is C28H34N4O3. The summed E-state index contributed by atoms with van der Waals surface area (Å²) in [5, 5.41) is 0. The average molecular weight is 475 g/mol. The molecule has 7 heteroatoms. The highest BCUT2D eigenvalue weighted by Gasteiger charge is 2.39. The van der Waals surface area contributed by atoms with E-state index in [-0.39, 0.29) is 36.0 Å². The summed E-state index contributed by atoms with van der Waals surface area (Å²) in [5.74, 6) is -0.00983. The Morgan fingerprint density at radius 1 is 0.714 bits per heavy atom. The van der Waals surface area contributed by atoms with Gasteiger partial charge in [0, 0.05) is 70.4 Å². The molecule has 1 unspecified atom stereocenters. The smallest absolute Gasteiger partial charge is 0.228 e. The Kier molecular flexibility index (Phi) is 7.13. The molecule has 2 aromatic rings. The van der Waals surface area contributed by atoms with Crippen molar-refractivity contribution in [1.29, 1.82) is 0 Å². The predicted molar refractivity (Wildman–Crippen MR) is 135 cm³/mol. The van der Waals surface area contributed by atoms with Crippen molar-refractivity contribution in [3.8, 4) is 0 Å². The Bertz CT molecular complexity index is 1030. The van der Waals surface area contributed by atoms with Crippen LogP contribution in [0.15, 0.2) is 60.7 Å². The molecule has 0 spiro atoms. The minimum Gasteiger partial charge on any atom is -0.342 e. The van der Waals surface area contributed by atoms with Gasteiger partial charge in [-0.25, -0.2) is 0 Å². The van der Waals surface area contributed by atoms with Crippen LogP contribution in [0.4, 0.5) is 5.69 Å². The summed E-state index contributed by atoms with van der Waals surface area (Å²) < 4.78 is 0. The van der Waals surface area contributed by atoms with Crippen molar-refractivity contribution in [3.63, 3.8) is 0 Å². The van der Waals surface area contributed by atoms with Gasteiger partial charge in [-0.05, 0) is 30.5 Å². The van der Waals surface area contributed by atoms with Crippen molar-refractivity contribution < 1.29 is 14.4 Å². The zero-order chi connectivity index (χ0) is 24.2. The van der Waals surface area contributed by atoms with Gasteiger partial charge in [0.05, 0.1) is 5.92 Å². The molecule has 3 amide bonds. The lowest BCUT2D eigenvalue weighted by Gasteiger charge is -2.39. The van der Waals surface area contributed by atoms with E-state index in [0.717, 1.165) is 38.4 Å². The summed E-state index contributed by atoms with van der Waals surface area (Å²) in [7, 11) is 0. The van der Waals surface area contributed by atoms with E-state index in [1.165, 1.54) is 5.56 Å². The third kappa shape index (κ3) is 5.40. The van der Waals surface area contributed by atoms with Crippen LogP contribution in [0, 0.1) is 11.8 Å². The van der Waals surface area contributed by atoms with Gasteiger partial charge in [-0.1, -0.05) is 48.5 Å². The van der Waals surface area contributed by atoms with Gasteiger partial charge < -0.3 is 14.7 Å². The molecule has 0 radical (unpaired) electrons. The van der Waals surface area contributed by atoms with Crippen LogP contribution < -0.4 is 4.90 Å². The highest BCUT2D eigenvalue weighted by atomic mass is 16.2. The number of likely N-dealkylation sites (tertiary alicyclic amines) is 1. The second-order valence-electron chi connectivity index (χ2n) is 9.93. The third-order valence-corrected chi connectivity index (χ3v) is 7.63. The first kappa shape index (κ1) is 23.5. The monoisotopic (exact) mass is 474 g/mol. The number of carbonyl (C=O) groups is 3. The number of benzene rings is 2. The van der Waals surface area contributed by atoms with Gasteiger partial charge in [0.2, 0.25) is 17.7 Å². The lowest BCUT2D eigenvalue weighted by Crippen LogP contribution is -2.52. The SMILES string of the molecule is O=C(C1CCN(C(=O)C2CC(=O)N(c3ccccc3)C2)CC1)N1CCN(Cc2ccccc2)CC1. The minimum absolute atomic E-state index is 0.00557. The van der Waals surface area contributed by atoms with E-state index in [0.29, 0.717) is 32.5 Å². The number of hydrogen-bond acceptors (Lipinski definition) is 4. The summed E-state index contributed by atoms with van der Waals surface area (Å²) in [4.78, 5) is 46.8. The normalized spacial score (nSPS) is 22.0. The van der Waals surface area contributed by atoms with Crippen LogP contribution in [0.2, 0.25) is 0 Å². The summed E-state index contributed by atoms with van der Waals surface area (Å²) in [6, 6.07) is 20.0. The maximum Gasteiger partial charge on any atom is 0.228 e. The molecule has 2 aromatic carbocycles. The molecule has 3 aliphatic heterocycles. The molecule has 1 atom stereocenters. The largest absolute Gasteiger partial charge is 0.342 e. The van der Waals surface area contributed by atoms with Crippen LogP contribution in [0.25, 0.3) is 0 Å². The topological polar surface area (TPSA) is 64.2 Å². The third-order valence-electron chi connectivity index (χ3n) is 7.63. The molecule has 0 aliphatic carbocycles. The standard InChI is InChI=1S/C28H34N4O3/c33-26-19-24(21-32(26)25-9-5-2-6-10-25)28(35)30-13-11-23(12-14-30)27(34)31-17-15-29(16-18-31)20-22-7-3-1-4-8-22/h1-10,23-24H,11-21H2. The lowest BCUT2D eigenvalue weighted by atomic mass is 9.93. The fourth-order valence-electron chi connectivity index (χ4n) is 5.56. The first-order valence-electron chi connectivity index (χ1n) is 12.8. The molecular weight excluding hydrogens is 440 g/mol. The quantitative estimate of drug-likeness (QED) is 0.668. The summed E-state index contributed by atoms with van der Waals surface area (Å²) in [6.45, 7) is 5.88. The Hall–Kier alpha value is -3.19. The van der Waals surface area contributed by atoms with E-state index in [1.54, 1.807) is 4.90 Å². The zero-order valence-corrected chi connectivity index (χ0v) is 20.2. The average Bonchev–Trinajstić information content (AvgIpc) is 3.31. The van der Waals surface area contributed by atoms with E-state index < -0.39 is 0 Å². The molecule has 3 aliphatic rings. The van der Waals surface area contributed by atoms with Gasteiger partial charge >= 0.3 is 0 Å². The molecule has 3 fully saturated rings. The van der Waals surface area contributed by atoms with E-state index >= 15 is 0 Å². The zero-order valence-electron chi connectivity index (χ0n) is 20.2. The first-order chi connectivity index (χ1) is 17.1. The number of piperazine rings is 1. The molecule has 3 saturated heterocycles. The van der Waals surface area contributed by atoms with Crippen LogP contribution in [-0.4, -0.2) is 78.2 Å². The van der Waals surface area contributed by atoms with Crippen molar-refractivity contribution >= 4 is 23.4 Å². The Balaban J connectivity index is 1.07. The van der Waals surface area contributed by atoms with Gasteiger partial charge in [0.15, 0.2) is 0 Å². The fourth-order valence-corrected chi connectivity index (χ4v) is 5.56. The predicted octanol–water partition coefficient (Wildman–Crippen LogP) is 2.62. The van der Waals surface area contributed by atoms with E-state index in [2.05, 4.69) is 29.2 Å². The van der Waals surface area contributed by atoms with E-state index in [9.17, 15) is 14.4 Å². The Morgan fingerprint density at radius 2 is 1.29 bits per heavy atom. The van der Waals surface area contributed by atoms with Gasteiger partial charge in [0.25, 0.3) is 0 Å². The van der Waals surface area contributed by atoms with Crippen LogP contribution in [0.3, 0.4) is 0 Å². The number of anilines is 1. The second kappa shape index (κ2) is 10.6. The van der Waals surface area contributed by atoms with Crippen LogP contribution in [0.1, 0.15) is 24.8 Å². The summed E-state index contributed by atoms with van der Waals surface area (Å²) >= 11 is 0. The molecule has 0 saturated carbocycles. The van der Waals surface area contributed by atoms with E-state index in [4.69, 9.17) is 0 Å². The maximum atomic E-state index is 13.1. The molecule has 3 heterocycles. The second-order valence-corrected chi connectivity index (χ2v) is 9.93. The molecule has 184 valence electrons. The van der Waals surface area contributed by atoms with E-state index in [1.807, 2.05) is 46.2 Å². The molecule has 5 rings (SSSR count). The lowest BCUT2D eigenvalue weighted by molar-refractivity contribution is -0.143. The molecule has 7 nitrogen and oxygen atoms in total. The summed E-state index contributed by atoms with van der Waals surface area (Å²) in [5.41, 5.74) is 2.15. The van der Waals surface area contributed by atoms with Crippen LogP contribution in [0.5, 0.6) is 0 Å². The minimum atomic E-state index is -0.298. The van der Waals surface area contributed by atoms with Crippen molar-refractivity contribution in [2.75, 3.05) is 50.7 Å². The van der Waals surface area contributed by atoms with Crippen LogP contribution >= 0.6 is 0 Å². The van der Waals surface area contributed by atoms with Crippen molar-refractivity contribution in [1.82, 2.24) is 14.7 Å². The Labute approximate surface area is 207 Å². The summed E-state index contributed by atoms with van der Waals surface area (Å²) in [6.07, 6.45) is 1.68. The number of amides is 3. The van der Waals surface area contributed by atoms with Gasteiger partial charge in [-0.2, -0.15) is 0 Å². The number of carbonyl (C=O) groups excluding carboxylic acids is 3. The fraction of sp³-hybridized carbons (Fsp3) is 0.464.